The maximum Gasteiger partial charge on any atom is 0.305 e. The van der Waals surface area contributed by atoms with Crippen LogP contribution in [-0.2, 0) is 9.53 Å². The van der Waals surface area contributed by atoms with Gasteiger partial charge < -0.3 is 9.64 Å². The molecule has 0 radical (unpaired) electrons. The van der Waals surface area contributed by atoms with Crippen molar-refractivity contribution in [1.82, 2.24) is 14.7 Å². The zero-order chi connectivity index (χ0) is 16.8. The molecule has 6 heteroatoms. The summed E-state index contributed by atoms with van der Waals surface area (Å²) in [5, 5.41) is 4.24. The van der Waals surface area contributed by atoms with Gasteiger partial charge in [0.25, 0.3) is 5.91 Å². The van der Waals surface area contributed by atoms with E-state index in [1.54, 1.807) is 30.3 Å². The smallest absolute Gasteiger partial charge is 0.305 e. The zero-order valence-corrected chi connectivity index (χ0v) is 13.7. The molecule has 122 valence electrons. The first-order valence-corrected chi connectivity index (χ1v) is 7.46. The summed E-state index contributed by atoms with van der Waals surface area (Å²) in [6, 6.07) is 9.24. The highest BCUT2D eigenvalue weighted by molar-refractivity contribution is 5.94. The summed E-state index contributed by atoms with van der Waals surface area (Å²) in [5.41, 5.74) is 2.56. The Morgan fingerprint density at radius 1 is 1.22 bits per heavy atom. The first-order chi connectivity index (χ1) is 11.0. The van der Waals surface area contributed by atoms with Gasteiger partial charge in [-0.3, -0.25) is 9.59 Å². The van der Waals surface area contributed by atoms with Crippen molar-refractivity contribution in [2.75, 3.05) is 20.7 Å². The second-order valence-corrected chi connectivity index (χ2v) is 5.34. The Kier molecular flexibility index (Phi) is 5.51. The van der Waals surface area contributed by atoms with Gasteiger partial charge in [-0.25, -0.2) is 4.68 Å². The number of aryl methyl sites for hydroxylation is 1. The lowest BCUT2D eigenvalue weighted by atomic mass is 10.1. The van der Waals surface area contributed by atoms with Crippen LogP contribution in [0.25, 0.3) is 5.69 Å². The molecule has 2 aromatic rings. The van der Waals surface area contributed by atoms with Gasteiger partial charge in [-0.1, -0.05) is 0 Å². The van der Waals surface area contributed by atoms with Crippen molar-refractivity contribution < 1.29 is 14.3 Å². The van der Waals surface area contributed by atoms with E-state index in [9.17, 15) is 9.59 Å². The van der Waals surface area contributed by atoms with Crippen molar-refractivity contribution in [1.29, 1.82) is 0 Å². The summed E-state index contributed by atoms with van der Waals surface area (Å²) < 4.78 is 6.40. The van der Waals surface area contributed by atoms with Crippen molar-refractivity contribution in [3.8, 4) is 5.69 Å². The van der Waals surface area contributed by atoms with Crippen LogP contribution in [0.15, 0.2) is 36.5 Å². The second kappa shape index (κ2) is 7.58. The molecule has 0 bridgehead atoms. The van der Waals surface area contributed by atoms with E-state index in [4.69, 9.17) is 0 Å². The molecule has 0 spiro atoms. The van der Waals surface area contributed by atoms with E-state index in [-0.39, 0.29) is 11.9 Å². The number of carbonyl (C=O) groups excluding carboxylic acids is 2. The van der Waals surface area contributed by atoms with E-state index in [1.807, 2.05) is 29.8 Å². The molecule has 0 saturated carbocycles. The number of nitrogens with zero attached hydrogens (tertiary/aromatic N) is 3. The number of carbonyl (C=O) groups is 2. The molecule has 0 atom stereocenters. The highest BCUT2D eigenvalue weighted by Gasteiger charge is 2.12. The number of hydrogen-bond acceptors (Lipinski definition) is 4. The highest BCUT2D eigenvalue weighted by atomic mass is 16.5. The number of ether oxygens (including phenoxy) is 1. The molecule has 1 aromatic carbocycles. The minimum Gasteiger partial charge on any atom is -0.469 e. The number of benzene rings is 1. The van der Waals surface area contributed by atoms with Crippen LogP contribution in [0.3, 0.4) is 0 Å². The first kappa shape index (κ1) is 16.7. The summed E-state index contributed by atoms with van der Waals surface area (Å²) in [6.45, 7) is 2.48. The van der Waals surface area contributed by atoms with Crippen molar-refractivity contribution in [2.24, 2.45) is 0 Å². The molecule has 2 rings (SSSR count). The van der Waals surface area contributed by atoms with Crippen molar-refractivity contribution in [3.63, 3.8) is 0 Å². The van der Waals surface area contributed by atoms with Gasteiger partial charge in [-0.15, -0.1) is 0 Å². The lowest BCUT2D eigenvalue weighted by Gasteiger charge is -2.17. The van der Waals surface area contributed by atoms with Gasteiger partial charge in [-0.2, -0.15) is 5.10 Å². The van der Waals surface area contributed by atoms with E-state index in [2.05, 4.69) is 9.84 Å². The monoisotopic (exact) mass is 315 g/mol. The third-order valence-corrected chi connectivity index (χ3v) is 3.64. The Labute approximate surface area is 135 Å². The number of methoxy groups -OCH3 is 1. The number of amides is 1. The number of hydrogen-bond donors (Lipinski definition) is 0. The van der Waals surface area contributed by atoms with E-state index in [0.29, 0.717) is 24.9 Å². The summed E-state index contributed by atoms with van der Waals surface area (Å²) in [4.78, 5) is 25.0. The average molecular weight is 315 g/mol. The van der Waals surface area contributed by atoms with Crippen LogP contribution in [0, 0.1) is 6.92 Å². The van der Waals surface area contributed by atoms with Crippen LogP contribution >= 0.6 is 0 Å². The summed E-state index contributed by atoms with van der Waals surface area (Å²) in [7, 11) is 3.09. The van der Waals surface area contributed by atoms with Gasteiger partial charge in [0.2, 0.25) is 0 Å². The van der Waals surface area contributed by atoms with E-state index in [1.165, 1.54) is 7.11 Å². The first-order valence-electron chi connectivity index (χ1n) is 7.46. The minimum absolute atomic E-state index is 0.0707. The van der Waals surface area contributed by atoms with Gasteiger partial charge in [-0.05, 0) is 43.7 Å². The zero-order valence-electron chi connectivity index (χ0n) is 13.7. The van der Waals surface area contributed by atoms with Gasteiger partial charge in [0, 0.05) is 37.5 Å². The van der Waals surface area contributed by atoms with Crippen molar-refractivity contribution >= 4 is 11.9 Å². The molecule has 6 nitrogen and oxygen atoms in total. The SMILES string of the molecule is COC(=O)CCCN(C)C(=O)c1ccc(-n2nccc2C)cc1. The van der Waals surface area contributed by atoms with Crippen LogP contribution in [0.2, 0.25) is 0 Å². The number of aromatic nitrogens is 2. The Morgan fingerprint density at radius 2 is 1.91 bits per heavy atom. The van der Waals surface area contributed by atoms with Crippen LogP contribution in [0.5, 0.6) is 0 Å². The molecule has 0 aliphatic carbocycles. The molecule has 1 aromatic heterocycles. The molecule has 0 unspecified atom stereocenters. The number of esters is 1. The largest absolute Gasteiger partial charge is 0.469 e. The van der Waals surface area contributed by atoms with Crippen LogP contribution < -0.4 is 0 Å². The molecule has 0 aliphatic rings. The molecule has 0 aliphatic heterocycles. The van der Waals surface area contributed by atoms with E-state index >= 15 is 0 Å². The Morgan fingerprint density at radius 3 is 2.48 bits per heavy atom. The summed E-state index contributed by atoms with van der Waals surface area (Å²) in [5.74, 6) is -0.330. The van der Waals surface area contributed by atoms with Crippen LogP contribution in [0.4, 0.5) is 0 Å². The van der Waals surface area contributed by atoms with Gasteiger partial charge in [0.05, 0.1) is 12.8 Å². The third-order valence-electron chi connectivity index (χ3n) is 3.64. The Bertz CT molecular complexity index is 677. The van der Waals surface area contributed by atoms with Crippen LogP contribution in [0.1, 0.15) is 28.9 Å². The predicted molar refractivity (Wildman–Crippen MR) is 86.5 cm³/mol. The fraction of sp³-hybridized carbons (Fsp3) is 0.353. The molecule has 0 N–H and O–H groups in total. The lowest BCUT2D eigenvalue weighted by Crippen LogP contribution is -2.28. The standard InChI is InChI=1S/C17H21N3O3/c1-13-10-11-18-20(13)15-8-6-14(7-9-15)17(22)19(2)12-4-5-16(21)23-3/h6-11H,4-5,12H2,1-3H3. The molecule has 1 heterocycles. The molecule has 0 fully saturated rings. The average Bonchev–Trinajstić information content (AvgIpc) is 3.00. The molecular weight excluding hydrogens is 294 g/mol. The van der Waals surface area contributed by atoms with Gasteiger partial charge in [0.1, 0.15) is 0 Å². The molecule has 0 saturated heterocycles. The topological polar surface area (TPSA) is 64.4 Å². The third kappa shape index (κ3) is 4.18. The Hall–Kier alpha value is -2.63. The maximum atomic E-state index is 12.3. The fourth-order valence-corrected chi connectivity index (χ4v) is 2.27. The maximum absolute atomic E-state index is 12.3. The molecule has 23 heavy (non-hydrogen) atoms. The Balaban J connectivity index is 1.97. The second-order valence-electron chi connectivity index (χ2n) is 5.34. The predicted octanol–water partition coefficient (Wildman–Crippen LogP) is 2.21. The quantitative estimate of drug-likeness (QED) is 0.767. The van der Waals surface area contributed by atoms with E-state index < -0.39 is 0 Å². The van der Waals surface area contributed by atoms with Gasteiger partial charge in [0.15, 0.2) is 0 Å². The fourth-order valence-electron chi connectivity index (χ4n) is 2.27. The van der Waals surface area contributed by atoms with Crippen molar-refractivity contribution in [3.05, 3.63) is 47.8 Å². The van der Waals surface area contributed by atoms with Crippen molar-refractivity contribution in [2.45, 2.75) is 19.8 Å². The van der Waals surface area contributed by atoms with Gasteiger partial charge >= 0.3 is 5.97 Å². The lowest BCUT2D eigenvalue weighted by molar-refractivity contribution is -0.140. The molecular formula is C17H21N3O3. The highest BCUT2D eigenvalue weighted by Crippen LogP contribution is 2.12. The van der Waals surface area contributed by atoms with E-state index in [0.717, 1.165) is 11.4 Å². The number of rotatable bonds is 6. The molecule has 1 amide bonds. The minimum atomic E-state index is -0.259. The van der Waals surface area contributed by atoms with Crippen LogP contribution in [-0.4, -0.2) is 47.3 Å². The normalized spacial score (nSPS) is 10.4. The summed E-state index contributed by atoms with van der Waals surface area (Å²) >= 11 is 0. The summed E-state index contributed by atoms with van der Waals surface area (Å²) in [6.07, 6.45) is 2.63.